The smallest absolute Gasteiger partial charge is 0.252 e. The first-order valence-corrected chi connectivity index (χ1v) is 10.6. The number of benzene rings is 1. The number of piperidine rings is 1. The molecule has 0 unspecified atom stereocenters. The number of hydrogen-bond donors (Lipinski definition) is 1. The lowest BCUT2D eigenvalue weighted by Crippen LogP contribution is -2.38. The molecule has 1 aromatic carbocycles. The Morgan fingerprint density at radius 3 is 2.80 bits per heavy atom. The Bertz CT molecular complexity index is 1180. The van der Waals surface area contributed by atoms with Crippen molar-refractivity contribution in [3.8, 4) is 0 Å². The van der Waals surface area contributed by atoms with E-state index >= 15 is 0 Å². The van der Waals surface area contributed by atoms with Crippen LogP contribution in [0.3, 0.4) is 0 Å². The third kappa shape index (κ3) is 3.34. The number of carbonyl (C=O) groups is 1. The number of aryl methyl sites for hydroxylation is 2. The zero-order valence-corrected chi connectivity index (χ0v) is 17.4. The van der Waals surface area contributed by atoms with Gasteiger partial charge in [0.05, 0.1) is 0 Å². The van der Waals surface area contributed by atoms with Gasteiger partial charge in [-0.1, -0.05) is 18.2 Å². The Morgan fingerprint density at radius 2 is 2.00 bits per heavy atom. The first-order valence-electron chi connectivity index (χ1n) is 10.6. The summed E-state index contributed by atoms with van der Waals surface area (Å²) >= 11 is 0. The number of hydrogen-bond acceptors (Lipinski definition) is 4. The van der Waals surface area contributed by atoms with Crippen molar-refractivity contribution >= 4 is 22.6 Å². The van der Waals surface area contributed by atoms with E-state index in [1.165, 1.54) is 22.9 Å². The minimum absolute atomic E-state index is 0.225. The van der Waals surface area contributed by atoms with Gasteiger partial charge in [0, 0.05) is 48.0 Å². The molecule has 1 aliphatic rings. The number of fused-ring (bicyclic) bond motifs is 2. The topological polar surface area (TPSA) is 79.2 Å². The number of nitrogens with one attached hydrogen (secondary N) is 1. The van der Waals surface area contributed by atoms with Gasteiger partial charge in [0.1, 0.15) is 6.33 Å². The van der Waals surface area contributed by atoms with Crippen molar-refractivity contribution in [1.29, 1.82) is 0 Å². The van der Waals surface area contributed by atoms with Crippen LogP contribution in [0.25, 0.3) is 16.7 Å². The van der Waals surface area contributed by atoms with E-state index in [2.05, 4.69) is 50.4 Å². The van der Waals surface area contributed by atoms with Crippen LogP contribution in [0.1, 0.15) is 47.8 Å². The molecule has 0 atom stereocenters. The van der Waals surface area contributed by atoms with Crippen molar-refractivity contribution in [2.24, 2.45) is 0 Å². The molecule has 0 radical (unpaired) electrons. The molecule has 1 fully saturated rings. The summed E-state index contributed by atoms with van der Waals surface area (Å²) in [5.74, 6) is 1.33. The third-order valence-corrected chi connectivity index (χ3v) is 6.42. The number of likely N-dealkylation sites (tertiary alicyclic amines) is 1. The zero-order chi connectivity index (χ0) is 20.7. The van der Waals surface area contributed by atoms with Crippen molar-refractivity contribution in [3.05, 3.63) is 59.3 Å². The highest BCUT2D eigenvalue weighted by molar-refractivity contribution is 5.80. The van der Waals surface area contributed by atoms with E-state index in [0.717, 1.165) is 42.9 Å². The fourth-order valence-electron chi connectivity index (χ4n) is 4.66. The number of amides is 1. The van der Waals surface area contributed by atoms with Crippen LogP contribution in [0, 0.1) is 13.8 Å². The van der Waals surface area contributed by atoms with Gasteiger partial charge in [-0.25, -0.2) is 9.50 Å². The lowest BCUT2D eigenvalue weighted by Gasteiger charge is -2.32. The molecule has 4 heterocycles. The second-order valence-electron chi connectivity index (χ2n) is 8.20. The summed E-state index contributed by atoms with van der Waals surface area (Å²) in [6, 6.07) is 10.6. The number of H-pyrrole nitrogens is 1. The van der Waals surface area contributed by atoms with Gasteiger partial charge in [-0.3, -0.25) is 4.79 Å². The molecule has 1 amide bonds. The summed E-state index contributed by atoms with van der Waals surface area (Å²) in [6.07, 6.45) is 4.70. The van der Waals surface area contributed by atoms with Crippen molar-refractivity contribution in [2.45, 2.75) is 45.4 Å². The quantitative estimate of drug-likeness (QED) is 0.566. The highest BCUT2D eigenvalue weighted by Gasteiger charge is 2.25. The average molecular weight is 403 g/mol. The van der Waals surface area contributed by atoms with Gasteiger partial charge in [0.2, 0.25) is 5.91 Å². The number of carbonyl (C=O) groups excluding carboxylic acids is 1. The van der Waals surface area contributed by atoms with Crippen LogP contribution < -0.4 is 0 Å². The third-order valence-electron chi connectivity index (χ3n) is 6.42. The Balaban J connectivity index is 1.21. The molecule has 0 aliphatic carbocycles. The molecule has 4 aromatic rings. The second-order valence-corrected chi connectivity index (χ2v) is 8.20. The van der Waals surface area contributed by atoms with Gasteiger partial charge in [-0.2, -0.15) is 10.1 Å². The number of aromatic nitrogens is 5. The molecule has 0 bridgehead atoms. The van der Waals surface area contributed by atoms with Crippen LogP contribution in [0.15, 0.2) is 36.7 Å². The van der Waals surface area contributed by atoms with E-state index in [1.54, 1.807) is 4.52 Å². The van der Waals surface area contributed by atoms with Gasteiger partial charge >= 0.3 is 0 Å². The van der Waals surface area contributed by atoms with Crippen molar-refractivity contribution in [1.82, 2.24) is 29.5 Å². The molecule has 1 saturated heterocycles. The predicted molar refractivity (Wildman–Crippen MR) is 115 cm³/mol. The van der Waals surface area contributed by atoms with Crippen LogP contribution in [0.2, 0.25) is 0 Å². The molecule has 154 valence electrons. The van der Waals surface area contributed by atoms with Gasteiger partial charge in [-0.15, -0.1) is 0 Å². The maximum absolute atomic E-state index is 12.9. The van der Waals surface area contributed by atoms with E-state index in [0.29, 0.717) is 24.5 Å². The summed E-state index contributed by atoms with van der Waals surface area (Å²) in [4.78, 5) is 27.1. The highest BCUT2D eigenvalue weighted by atomic mass is 16.2. The molecule has 7 nitrogen and oxygen atoms in total. The summed E-state index contributed by atoms with van der Waals surface area (Å²) in [5.41, 5.74) is 5.52. The molecular formula is C23H26N6O. The summed E-state index contributed by atoms with van der Waals surface area (Å²) in [7, 11) is 0. The number of rotatable bonds is 4. The monoisotopic (exact) mass is 402 g/mol. The standard InChI is InChI=1S/C23H26N6O/c1-15-19(16(2)29-23(26-15)24-14-25-29)7-8-22(30)28-11-9-17(10-12-28)21-13-18-5-3-4-6-20(18)27-21/h3-6,13-14,17,27H,7-12H2,1-2H3. The first-order chi connectivity index (χ1) is 14.6. The SMILES string of the molecule is Cc1nc2ncnn2c(C)c1CCC(=O)N1CCC(c2cc3ccccc3[nH]2)CC1. The summed E-state index contributed by atoms with van der Waals surface area (Å²) < 4.78 is 1.75. The van der Waals surface area contributed by atoms with Gasteiger partial charge in [-0.05, 0) is 56.2 Å². The Labute approximate surface area is 175 Å². The van der Waals surface area contributed by atoms with Crippen LogP contribution in [-0.4, -0.2) is 48.5 Å². The maximum atomic E-state index is 12.9. The Hall–Kier alpha value is -3.22. The van der Waals surface area contributed by atoms with Gasteiger partial charge in [0.25, 0.3) is 5.78 Å². The van der Waals surface area contributed by atoms with Gasteiger partial charge in [0.15, 0.2) is 0 Å². The summed E-state index contributed by atoms with van der Waals surface area (Å²) in [6.45, 7) is 5.63. The Morgan fingerprint density at radius 1 is 1.20 bits per heavy atom. The second kappa shape index (κ2) is 7.55. The molecule has 0 spiro atoms. The van der Waals surface area contributed by atoms with E-state index in [9.17, 15) is 4.79 Å². The van der Waals surface area contributed by atoms with Crippen LogP contribution in [0.4, 0.5) is 0 Å². The first kappa shape index (κ1) is 18.8. The lowest BCUT2D eigenvalue weighted by molar-refractivity contribution is -0.132. The molecule has 5 rings (SSSR count). The van der Waals surface area contributed by atoms with Gasteiger partial charge < -0.3 is 9.88 Å². The number of para-hydroxylation sites is 1. The maximum Gasteiger partial charge on any atom is 0.252 e. The molecule has 1 aliphatic heterocycles. The molecule has 3 aromatic heterocycles. The fraction of sp³-hybridized carbons (Fsp3) is 0.391. The largest absolute Gasteiger partial charge is 0.358 e. The van der Waals surface area contributed by atoms with Crippen molar-refractivity contribution in [2.75, 3.05) is 13.1 Å². The van der Waals surface area contributed by atoms with E-state index in [1.807, 2.05) is 18.7 Å². The predicted octanol–water partition coefficient (Wildman–Crippen LogP) is 3.56. The van der Waals surface area contributed by atoms with E-state index in [-0.39, 0.29) is 5.91 Å². The van der Waals surface area contributed by atoms with Crippen molar-refractivity contribution in [3.63, 3.8) is 0 Å². The molecule has 7 heteroatoms. The van der Waals surface area contributed by atoms with E-state index in [4.69, 9.17) is 0 Å². The minimum atomic E-state index is 0.225. The van der Waals surface area contributed by atoms with Crippen LogP contribution >= 0.6 is 0 Å². The normalized spacial score (nSPS) is 15.3. The van der Waals surface area contributed by atoms with Crippen molar-refractivity contribution < 1.29 is 4.79 Å². The summed E-state index contributed by atoms with van der Waals surface area (Å²) in [5, 5.41) is 5.49. The zero-order valence-electron chi connectivity index (χ0n) is 17.4. The lowest BCUT2D eigenvalue weighted by atomic mass is 9.93. The molecule has 1 N–H and O–H groups in total. The van der Waals surface area contributed by atoms with Crippen LogP contribution in [0.5, 0.6) is 0 Å². The Kier molecular flexibility index (Phi) is 4.73. The molecule has 0 saturated carbocycles. The highest BCUT2D eigenvalue weighted by Crippen LogP contribution is 2.30. The fourth-order valence-corrected chi connectivity index (χ4v) is 4.66. The minimum Gasteiger partial charge on any atom is -0.358 e. The number of nitrogens with zero attached hydrogens (tertiary/aromatic N) is 5. The molecule has 30 heavy (non-hydrogen) atoms. The van der Waals surface area contributed by atoms with Crippen LogP contribution in [-0.2, 0) is 11.2 Å². The van der Waals surface area contributed by atoms with E-state index < -0.39 is 0 Å². The average Bonchev–Trinajstić information content (AvgIpc) is 3.40. The molecular weight excluding hydrogens is 376 g/mol. The number of aromatic amines is 1.